The number of carbonyl (C=O) groups excluding carboxylic acids is 3. The van der Waals surface area contributed by atoms with Gasteiger partial charge in [0, 0.05) is 45.2 Å². The molecule has 0 spiro atoms. The molecule has 4 amide bonds. The molecule has 0 aromatic heterocycles. The number of amides is 4. The van der Waals surface area contributed by atoms with Gasteiger partial charge < -0.3 is 16.0 Å². The van der Waals surface area contributed by atoms with E-state index >= 15 is 0 Å². The Morgan fingerprint density at radius 2 is 1.68 bits per heavy atom. The van der Waals surface area contributed by atoms with E-state index in [0.29, 0.717) is 13.1 Å². The van der Waals surface area contributed by atoms with Gasteiger partial charge in [-0.3, -0.25) is 19.8 Å². The molecule has 0 bridgehead atoms. The predicted octanol–water partition coefficient (Wildman–Crippen LogP) is -0.896. The lowest BCUT2D eigenvalue weighted by Crippen LogP contribution is -2.50. The summed E-state index contributed by atoms with van der Waals surface area (Å²) in [5.41, 5.74) is 4.88. The number of hydrogen-bond acceptors (Lipinski definition) is 5. The first-order valence-electron chi connectivity index (χ1n) is 7.74. The van der Waals surface area contributed by atoms with Gasteiger partial charge in [0.15, 0.2) is 0 Å². The molecule has 1 aliphatic heterocycles. The Morgan fingerprint density at radius 3 is 2.23 bits per heavy atom. The minimum absolute atomic E-state index is 0.0589. The van der Waals surface area contributed by atoms with Crippen LogP contribution in [0.4, 0.5) is 4.79 Å². The van der Waals surface area contributed by atoms with Crippen molar-refractivity contribution in [3.05, 3.63) is 0 Å². The smallest absolute Gasteiger partial charge is 0.318 e. The molecule has 0 radical (unpaired) electrons. The summed E-state index contributed by atoms with van der Waals surface area (Å²) in [5, 5.41) is 5.01. The van der Waals surface area contributed by atoms with Crippen molar-refractivity contribution in [1.29, 1.82) is 0 Å². The third-order valence-corrected chi connectivity index (χ3v) is 3.77. The van der Waals surface area contributed by atoms with Crippen LogP contribution in [0.15, 0.2) is 0 Å². The van der Waals surface area contributed by atoms with Gasteiger partial charge in [0.05, 0.1) is 6.54 Å². The maximum absolute atomic E-state index is 11.8. The molecule has 0 aromatic rings. The molecule has 0 aromatic carbocycles. The summed E-state index contributed by atoms with van der Waals surface area (Å²) in [6, 6.07) is -0.611. The molecule has 0 saturated carbocycles. The zero-order valence-corrected chi connectivity index (χ0v) is 13.4. The topological polar surface area (TPSA) is 108 Å². The van der Waals surface area contributed by atoms with E-state index < -0.39 is 6.03 Å². The number of rotatable bonds is 7. The average molecular weight is 313 g/mol. The summed E-state index contributed by atoms with van der Waals surface area (Å²) in [7, 11) is 0. The Bertz CT molecular complexity index is 394. The van der Waals surface area contributed by atoms with Crippen LogP contribution < -0.4 is 16.4 Å². The summed E-state index contributed by atoms with van der Waals surface area (Å²) < 4.78 is 0. The number of nitrogens with one attached hydrogen (secondary N) is 2. The van der Waals surface area contributed by atoms with Crippen LogP contribution in [0.25, 0.3) is 0 Å². The highest BCUT2D eigenvalue weighted by atomic mass is 16.2. The molecule has 126 valence electrons. The Kier molecular flexibility index (Phi) is 7.83. The second kappa shape index (κ2) is 9.37. The zero-order valence-electron chi connectivity index (χ0n) is 13.4. The lowest BCUT2D eigenvalue weighted by atomic mass is 10.2. The number of hydrogen-bond donors (Lipinski definition) is 3. The molecule has 1 saturated heterocycles. The van der Waals surface area contributed by atoms with E-state index in [2.05, 4.69) is 20.4 Å². The fourth-order valence-corrected chi connectivity index (χ4v) is 2.26. The van der Waals surface area contributed by atoms with Crippen LogP contribution >= 0.6 is 0 Å². The fraction of sp³-hybridized carbons (Fsp3) is 0.786. The summed E-state index contributed by atoms with van der Waals surface area (Å²) in [6.45, 7) is 8.25. The first kappa shape index (κ1) is 18.4. The molecule has 8 nitrogen and oxygen atoms in total. The van der Waals surface area contributed by atoms with Crippen molar-refractivity contribution < 1.29 is 14.4 Å². The number of carbonyl (C=O) groups is 3. The first-order chi connectivity index (χ1) is 10.4. The second-order valence-electron chi connectivity index (χ2n) is 5.66. The van der Waals surface area contributed by atoms with Crippen LogP contribution in [-0.4, -0.2) is 73.0 Å². The molecule has 1 aliphatic rings. The molecular formula is C14H27N5O3. The molecule has 4 N–H and O–H groups in total. The van der Waals surface area contributed by atoms with E-state index in [1.807, 2.05) is 13.8 Å². The van der Waals surface area contributed by atoms with E-state index in [4.69, 9.17) is 5.73 Å². The van der Waals surface area contributed by atoms with Gasteiger partial charge in [-0.05, 0) is 13.3 Å². The summed E-state index contributed by atoms with van der Waals surface area (Å²) >= 11 is 0. The Labute approximate surface area is 131 Å². The SMILES string of the molecule is CCC(C)NC(=O)CN1CCN(CCC(=O)NC(N)=O)CC1. The molecule has 1 atom stereocenters. The number of primary amides is 1. The van der Waals surface area contributed by atoms with Crippen molar-refractivity contribution in [1.82, 2.24) is 20.4 Å². The van der Waals surface area contributed by atoms with Gasteiger partial charge in [-0.15, -0.1) is 0 Å². The van der Waals surface area contributed by atoms with Crippen LogP contribution in [0.3, 0.4) is 0 Å². The molecule has 22 heavy (non-hydrogen) atoms. The molecular weight excluding hydrogens is 286 g/mol. The number of nitrogens with two attached hydrogens (primary N) is 1. The monoisotopic (exact) mass is 313 g/mol. The minimum atomic E-state index is -0.817. The van der Waals surface area contributed by atoms with E-state index in [1.165, 1.54) is 0 Å². The predicted molar refractivity (Wildman–Crippen MR) is 83.1 cm³/mol. The molecule has 1 heterocycles. The second-order valence-corrected chi connectivity index (χ2v) is 5.66. The lowest BCUT2D eigenvalue weighted by Gasteiger charge is -2.34. The fourth-order valence-electron chi connectivity index (χ4n) is 2.26. The Balaban J connectivity index is 2.19. The van der Waals surface area contributed by atoms with Gasteiger partial charge in [0.25, 0.3) is 0 Å². The summed E-state index contributed by atoms with van der Waals surface area (Å²) in [6.07, 6.45) is 1.17. The van der Waals surface area contributed by atoms with Crippen molar-refractivity contribution in [2.24, 2.45) is 5.73 Å². The Hall–Kier alpha value is -1.67. The molecule has 8 heteroatoms. The third kappa shape index (κ3) is 7.37. The third-order valence-electron chi connectivity index (χ3n) is 3.77. The van der Waals surface area contributed by atoms with Crippen molar-refractivity contribution in [2.75, 3.05) is 39.3 Å². The van der Waals surface area contributed by atoms with E-state index in [1.54, 1.807) is 0 Å². The lowest BCUT2D eigenvalue weighted by molar-refractivity contribution is -0.123. The zero-order chi connectivity index (χ0) is 16.5. The highest BCUT2D eigenvalue weighted by molar-refractivity contribution is 5.93. The van der Waals surface area contributed by atoms with Gasteiger partial charge in [-0.1, -0.05) is 6.92 Å². The average Bonchev–Trinajstić information content (AvgIpc) is 2.45. The number of piperazine rings is 1. The summed E-state index contributed by atoms with van der Waals surface area (Å²) in [5.74, 6) is -0.300. The molecule has 1 rings (SSSR count). The Morgan fingerprint density at radius 1 is 1.09 bits per heavy atom. The summed E-state index contributed by atoms with van der Waals surface area (Å²) in [4.78, 5) is 37.9. The highest BCUT2D eigenvalue weighted by Crippen LogP contribution is 2.02. The number of nitrogens with zero attached hydrogens (tertiary/aromatic N) is 2. The van der Waals surface area contributed by atoms with Crippen LogP contribution in [0.2, 0.25) is 0 Å². The van der Waals surface area contributed by atoms with Crippen molar-refractivity contribution in [2.45, 2.75) is 32.7 Å². The van der Waals surface area contributed by atoms with Crippen LogP contribution in [0.5, 0.6) is 0 Å². The maximum Gasteiger partial charge on any atom is 0.318 e. The van der Waals surface area contributed by atoms with Crippen molar-refractivity contribution >= 4 is 17.8 Å². The maximum atomic E-state index is 11.8. The van der Waals surface area contributed by atoms with Crippen LogP contribution in [0, 0.1) is 0 Å². The van der Waals surface area contributed by atoms with Gasteiger partial charge in [0.1, 0.15) is 0 Å². The number of urea groups is 1. The standard InChI is InChI=1S/C14H27N5O3/c1-3-11(2)16-13(21)10-19-8-6-18(7-9-19)5-4-12(20)17-14(15)22/h11H,3-10H2,1-2H3,(H,16,21)(H3,15,17,20,22). The molecule has 1 fully saturated rings. The normalized spacial score (nSPS) is 17.7. The van der Waals surface area contributed by atoms with Crippen molar-refractivity contribution in [3.63, 3.8) is 0 Å². The van der Waals surface area contributed by atoms with Gasteiger partial charge >= 0.3 is 6.03 Å². The van der Waals surface area contributed by atoms with Gasteiger partial charge in [0.2, 0.25) is 11.8 Å². The van der Waals surface area contributed by atoms with Crippen LogP contribution in [-0.2, 0) is 9.59 Å². The van der Waals surface area contributed by atoms with Gasteiger partial charge in [-0.2, -0.15) is 0 Å². The minimum Gasteiger partial charge on any atom is -0.353 e. The number of imide groups is 1. The van der Waals surface area contributed by atoms with E-state index in [0.717, 1.165) is 32.6 Å². The van der Waals surface area contributed by atoms with Crippen LogP contribution in [0.1, 0.15) is 26.7 Å². The van der Waals surface area contributed by atoms with Gasteiger partial charge in [-0.25, -0.2) is 4.79 Å². The van der Waals surface area contributed by atoms with E-state index in [9.17, 15) is 14.4 Å². The largest absolute Gasteiger partial charge is 0.353 e. The van der Waals surface area contributed by atoms with E-state index in [-0.39, 0.29) is 24.3 Å². The highest BCUT2D eigenvalue weighted by Gasteiger charge is 2.19. The first-order valence-corrected chi connectivity index (χ1v) is 7.74. The van der Waals surface area contributed by atoms with Crippen molar-refractivity contribution in [3.8, 4) is 0 Å². The molecule has 0 aliphatic carbocycles. The quantitative estimate of drug-likeness (QED) is 0.565. The molecule has 1 unspecified atom stereocenters.